The number of rotatable bonds is 6. The van der Waals surface area contributed by atoms with Crippen molar-refractivity contribution in [3.8, 4) is 5.75 Å². The monoisotopic (exact) mass is 458 g/mol. The zero-order chi connectivity index (χ0) is 21.1. The summed E-state index contributed by atoms with van der Waals surface area (Å²) >= 11 is 3.36. The average Bonchev–Trinajstić information content (AvgIpc) is 2.94. The molecule has 29 heavy (non-hydrogen) atoms. The fraction of sp³-hybridized carbons (Fsp3) is 0.190. The van der Waals surface area contributed by atoms with Crippen molar-refractivity contribution in [1.82, 2.24) is 4.90 Å². The molecule has 1 heterocycles. The Kier molecular flexibility index (Phi) is 6.03. The second kappa shape index (κ2) is 8.48. The van der Waals surface area contributed by atoms with Gasteiger partial charge in [-0.3, -0.25) is 14.4 Å². The normalized spacial score (nSPS) is 18.0. The van der Waals surface area contributed by atoms with Crippen LogP contribution in [0.3, 0.4) is 0 Å². The number of ether oxygens (including phenoxy) is 1. The van der Waals surface area contributed by atoms with Gasteiger partial charge < -0.3 is 20.1 Å². The van der Waals surface area contributed by atoms with Crippen molar-refractivity contribution in [2.45, 2.75) is 13.0 Å². The molecule has 2 aromatic rings. The number of likely N-dealkylation sites (tertiary alicyclic amines) is 1. The summed E-state index contributed by atoms with van der Waals surface area (Å²) in [5.41, 5.74) is 2.07. The lowest BCUT2D eigenvalue weighted by Gasteiger charge is -2.24. The number of carboxylic acid groups (broad SMARTS) is 1. The molecule has 8 heteroatoms. The molecule has 1 aliphatic heterocycles. The van der Waals surface area contributed by atoms with Crippen LogP contribution in [-0.2, 0) is 14.4 Å². The van der Waals surface area contributed by atoms with Crippen LogP contribution in [0.4, 0.5) is 5.69 Å². The molecule has 0 unspecified atom stereocenters. The first-order chi connectivity index (χ1) is 13.8. The summed E-state index contributed by atoms with van der Waals surface area (Å²) in [5.74, 6) is -2.03. The van der Waals surface area contributed by atoms with Gasteiger partial charge in [0.1, 0.15) is 12.3 Å². The predicted molar refractivity (Wildman–Crippen MR) is 111 cm³/mol. The van der Waals surface area contributed by atoms with E-state index in [2.05, 4.69) is 21.2 Å². The summed E-state index contributed by atoms with van der Waals surface area (Å²) in [6.45, 7) is 1.13. The van der Waals surface area contributed by atoms with Crippen LogP contribution in [0, 0.1) is 0 Å². The minimum absolute atomic E-state index is 0.231. The molecule has 0 aromatic heterocycles. The first-order valence-electron chi connectivity index (χ1n) is 8.76. The quantitative estimate of drug-likeness (QED) is 0.508. The van der Waals surface area contributed by atoms with Crippen LogP contribution >= 0.6 is 15.9 Å². The van der Waals surface area contributed by atoms with Crippen LogP contribution in [0.1, 0.15) is 18.5 Å². The molecule has 1 fully saturated rings. The topological polar surface area (TPSA) is 95.9 Å². The molecule has 0 spiro atoms. The fourth-order valence-electron chi connectivity index (χ4n) is 3.28. The molecule has 0 radical (unpaired) electrons. The molecule has 150 valence electrons. The van der Waals surface area contributed by atoms with Gasteiger partial charge in [-0.1, -0.05) is 28.1 Å². The van der Waals surface area contributed by atoms with Crippen molar-refractivity contribution in [3.05, 3.63) is 69.8 Å². The molecular formula is C21H19BrN2O5. The van der Waals surface area contributed by atoms with E-state index in [0.717, 1.165) is 9.37 Å². The second-order valence-electron chi connectivity index (χ2n) is 6.50. The van der Waals surface area contributed by atoms with Gasteiger partial charge in [0.05, 0.1) is 18.7 Å². The first-order valence-corrected chi connectivity index (χ1v) is 9.55. The number of nitrogens with one attached hydrogen (secondary N) is 1. The number of aliphatic carboxylic acids is 1. The van der Waals surface area contributed by atoms with Crippen molar-refractivity contribution >= 4 is 39.3 Å². The summed E-state index contributed by atoms with van der Waals surface area (Å²) in [6.07, 6.45) is 0. The number of carbonyl (C=O) groups excluding carboxylic acids is 2. The number of carbonyl (C=O) groups is 3. The maximum absolute atomic E-state index is 12.8. The first kappa shape index (κ1) is 20.6. The molecule has 0 bridgehead atoms. The number of anilines is 1. The molecule has 0 saturated carbocycles. The lowest BCUT2D eigenvalue weighted by molar-refractivity contribution is -0.146. The summed E-state index contributed by atoms with van der Waals surface area (Å²) < 4.78 is 5.97. The average molecular weight is 459 g/mol. The molecule has 2 N–H and O–H groups in total. The van der Waals surface area contributed by atoms with E-state index in [1.807, 2.05) is 0 Å². The minimum Gasteiger partial charge on any atom is -0.497 e. The molecule has 3 rings (SSSR count). The van der Waals surface area contributed by atoms with Crippen LogP contribution in [0.15, 0.2) is 64.3 Å². The van der Waals surface area contributed by atoms with Gasteiger partial charge in [0, 0.05) is 15.9 Å². The molecule has 1 atom stereocenters. The molecule has 0 aliphatic carbocycles. The number of allylic oxidation sites excluding steroid dienone is 1. The Morgan fingerprint density at radius 1 is 1.14 bits per heavy atom. The van der Waals surface area contributed by atoms with Crippen molar-refractivity contribution in [3.63, 3.8) is 0 Å². The van der Waals surface area contributed by atoms with Gasteiger partial charge in [-0.2, -0.15) is 0 Å². The number of carboxylic acids is 1. The third-order valence-electron chi connectivity index (χ3n) is 4.60. The Morgan fingerprint density at radius 2 is 1.76 bits per heavy atom. The van der Waals surface area contributed by atoms with E-state index in [-0.39, 0.29) is 5.57 Å². The van der Waals surface area contributed by atoms with Crippen LogP contribution < -0.4 is 10.1 Å². The summed E-state index contributed by atoms with van der Waals surface area (Å²) in [6, 6.07) is 13.4. The van der Waals surface area contributed by atoms with Crippen LogP contribution in [-0.4, -0.2) is 41.3 Å². The maximum atomic E-state index is 12.8. The highest BCUT2D eigenvalue weighted by molar-refractivity contribution is 9.10. The Morgan fingerprint density at radius 3 is 2.31 bits per heavy atom. The number of Topliss-reactive ketones (excluding diaryl/α,β-unsaturated/α-hetero) is 1. The van der Waals surface area contributed by atoms with E-state index in [9.17, 15) is 19.5 Å². The third kappa shape index (κ3) is 4.32. The zero-order valence-electron chi connectivity index (χ0n) is 15.8. The van der Waals surface area contributed by atoms with Crippen molar-refractivity contribution in [2.75, 3.05) is 19.0 Å². The van der Waals surface area contributed by atoms with Crippen molar-refractivity contribution < 1.29 is 24.2 Å². The fourth-order valence-corrected chi connectivity index (χ4v) is 3.54. The zero-order valence-corrected chi connectivity index (χ0v) is 17.4. The number of nitrogens with zero attached hydrogens (tertiary/aromatic N) is 1. The second-order valence-corrected chi connectivity index (χ2v) is 7.42. The van der Waals surface area contributed by atoms with E-state index in [0.29, 0.717) is 22.7 Å². The standard InChI is InChI=1S/C21H19BrN2O5/c1-12(23-15-7-9-16(29-2)10-8-15)18-19(13-3-5-14(22)6-4-13)24(11-17(25)26)21(28)20(18)27/h3-10,19,23H,11H2,1-2H3,(H,25,26)/b18-12+/t19-/m1/s1. The highest BCUT2D eigenvalue weighted by atomic mass is 79.9. The highest BCUT2D eigenvalue weighted by Gasteiger charge is 2.45. The van der Waals surface area contributed by atoms with Crippen LogP contribution in [0.2, 0.25) is 0 Å². The van der Waals surface area contributed by atoms with E-state index >= 15 is 0 Å². The van der Waals surface area contributed by atoms with E-state index in [1.165, 1.54) is 0 Å². The summed E-state index contributed by atoms with van der Waals surface area (Å²) in [5, 5.41) is 12.4. The lowest BCUT2D eigenvalue weighted by Crippen LogP contribution is -2.34. The number of methoxy groups -OCH3 is 1. The molecule has 1 aliphatic rings. The third-order valence-corrected chi connectivity index (χ3v) is 5.13. The maximum Gasteiger partial charge on any atom is 0.323 e. The number of benzene rings is 2. The van der Waals surface area contributed by atoms with Gasteiger partial charge in [0.25, 0.3) is 11.7 Å². The number of amides is 1. The molecule has 1 amide bonds. The van der Waals surface area contributed by atoms with E-state index in [1.54, 1.807) is 62.6 Å². The molecule has 1 saturated heterocycles. The predicted octanol–water partition coefficient (Wildman–Crippen LogP) is 3.38. The number of hydrogen-bond donors (Lipinski definition) is 2. The Labute approximate surface area is 176 Å². The van der Waals surface area contributed by atoms with Crippen LogP contribution in [0.25, 0.3) is 0 Å². The minimum atomic E-state index is -1.18. The van der Waals surface area contributed by atoms with Gasteiger partial charge in [-0.05, 0) is 48.9 Å². The Balaban J connectivity index is 2.05. The van der Waals surface area contributed by atoms with Gasteiger partial charge in [0.15, 0.2) is 0 Å². The molecule has 7 nitrogen and oxygen atoms in total. The van der Waals surface area contributed by atoms with E-state index < -0.39 is 30.2 Å². The van der Waals surface area contributed by atoms with Gasteiger partial charge in [-0.15, -0.1) is 0 Å². The SMILES string of the molecule is COc1ccc(N/C(C)=C2/C(=O)C(=O)N(CC(=O)O)[C@@H]2c2ccc(Br)cc2)cc1. The highest BCUT2D eigenvalue weighted by Crippen LogP contribution is 2.38. The Hall–Kier alpha value is -3.13. The van der Waals surface area contributed by atoms with Crippen molar-refractivity contribution in [2.24, 2.45) is 0 Å². The van der Waals surface area contributed by atoms with Gasteiger partial charge in [0.2, 0.25) is 0 Å². The Bertz CT molecular complexity index is 983. The molecule has 2 aromatic carbocycles. The molecular weight excluding hydrogens is 440 g/mol. The van der Waals surface area contributed by atoms with E-state index in [4.69, 9.17) is 4.74 Å². The van der Waals surface area contributed by atoms with Crippen LogP contribution in [0.5, 0.6) is 5.75 Å². The smallest absolute Gasteiger partial charge is 0.323 e. The number of halogens is 1. The number of ketones is 1. The van der Waals surface area contributed by atoms with Gasteiger partial charge >= 0.3 is 5.97 Å². The summed E-state index contributed by atoms with van der Waals surface area (Å²) in [7, 11) is 1.57. The lowest BCUT2D eigenvalue weighted by atomic mass is 9.97. The van der Waals surface area contributed by atoms with Gasteiger partial charge in [-0.25, -0.2) is 0 Å². The summed E-state index contributed by atoms with van der Waals surface area (Å²) in [4.78, 5) is 37.7. The largest absolute Gasteiger partial charge is 0.497 e. The van der Waals surface area contributed by atoms with Crippen molar-refractivity contribution in [1.29, 1.82) is 0 Å². The number of hydrogen-bond acceptors (Lipinski definition) is 5.